The van der Waals surface area contributed by atoms with E-state index in [0.29, 0.717) is 11.3 Å². The van der Waals surface area contributed by atoms with Gasteiger partial charge >= 0.3 is 6.61 Å². The lowest BCUT2D eigenvalue weighted by Gasteiger charge is -2.11. The quantitative estimate of drug-likeness (QED) is 0.808. The predicted molar refractivity (Wildman–Crippen MR) is 66.7 cm³/mol. The molecule has 0 saturated heterocycles. The van der Waals surface area contributed by atoms with E-state index in [1.807, 2.05) is 0 Å². The van der Waals surface area contributed by atoms with Gasteiger partial charge in [-0.25, -0.2) is 4.39 Å². The molecule has 0 aliphatic carbocycles. The molecule has 6 heteroatoms. The van der Waals surface area contributed by atoms with Crippen LogP contribution < -0.4 is 9.47 Å². The maximum Gasteiger partial charge on any atom is 0.387 e. The maximum absolute atomic E-state index is 13.9. The van der Waals surface area contributed by atoms with Crippen molar-refractivity contribution >= 4 is 0 Å². The number of pyridine rings is 1. The van der Waals surface area contributed by atoms with Crippen LogP contribution in [0.25, 0.3) is 0 Å². The second-order valence-electron chi connectivity index (χ2n) is 3.91. The Kier molecular flexibility index (Phi) is 4.81. The first-order valence-electron chi connectivity index (χ1n) is 5.87. The smallest absolute Gasteiger partial charge is 0.387 e. The minimum atomic E-state index is -2.89. The van der Waals surface area contributed by atoms with Crippen molar-refractivity contribution in [3.8, 4) is 11.5 Å². The van der Waals surface area contributed by atoms with E-state index in [9.17, 15) is 13.2 Å². The van der Waals surface area contributed by atoms with E-state index in [-0.39, 0.29) is 12.4 Å². The number of halogens is 3. The van der Waals surface area contributed by atoms with Crippen LogP contribution >= 0.6 is 0 Å². The molecule has 3 nitrogen and oxygen atoms in total. The Bertz CT molecular complexity index is 520. The second kappa shape index (κ2) is 6.79. The molecule has 1 atom stereocenters. The van der Waals surface area contributed by atoms with Crippen LogP contribution in [0.5, 0.6) is 11.5 Å². The largest absolute Gasteiger partial charge is 0.489 e. The molecule has 0 bridgehead atoms. The Morgan fingerprint density at radius 3 is 2.35 bits per heavy atom. The standard InChI is InChI=1S/C14H12F3NO2/c15-13(9-19-12-2-1-7-18-8-12)10-3-5-11(6-4-10)20-14(16)17/h1-8,13-14H,9H2. The second-order valence-corrected chi connectivity index (χ2v) is 3.91. The Morgan fingerprint density at radius 2 is 1.75 bits per heavy atom. The molecule has 0 saturated carbocycles. The molecule has 0 aliphatic rings. The van der Waals surface area contributed by atoms with Crippen molar-refractivity contribution in [2.24, 2.45) is 0 Å². The van der Waals surface area contributed by atoms with Crippen LogP contribution in [0.2, 0.25) is 0 Å². The summed E-state index contributed by atoms with van der Waals surface area (Å²) in [4.78, 5) is 3.84. The molecule has 106 valence electrons. The van der Waals surface area contributed by atoms with Crippen molar-refractivity contribution in [3.05, 3.63) is 54.4 Å². The molecule has 20 heavy (non-hydrogen) atoms. The summed E-state index contributed by atoms with van der Waals surface area (Å²) < 4.78 is 47.2. The first-order valence-corrected chi connectivity index (χ1v) is 5.87. The Labute approximate surface area is 114 Å². The van der Waals surface area contributed by atoms with Crippen LogP contribution in [0.1, 0.15) is 11.7 Å². The van der Waals surface area contributed by atoms with Crippen LogP contribution in [-0.4, -0.2) is 18.2 Å². The molecular formula is C14H12F3NO2. The van der Waals surface area contributed by atoms with Crippen LogP contribution in [0, 0.1) is 0 Å². The van der Waals surface area contributed by atoms with Gasteiger partial charge in [0.1, 0.15) is 18.1 Å². The average Bonchev–Trinajstić information content (AvgIpc) is 2.46. The summed E-state index contributed by atoms with van der Waals surface area (Å²) in [6.45, 7) is -3.07. The van der Waals surface area contributed by atoms with E-state index in [0.717, 1.165) is 0 Å². The molecule has 0 amide bonds. The van der Waals surface area contributed by atoms with Gasteiger partial charge in [-0.15, -0.1) is 0 Å². The van der Waals surface area contributed by atoms with Gasteiger partial charge in [0.15, 0.2) is 6.17 Å². The van der Waals surface area contributed by atoms with Crippen molar-refractivity contribution < 1.29 is 22.6 Å². The average molecular weight is 283 g/mol. The molecule has 2 rings (SSSR count). The van der Waals surface area contributed by atoms with Gasteiger partial charge in [-0.05, 0) is 29.8 Å². The number of aromatic nitrogens is 1. The Balaban J connectivity index is 1.90. The zero-order valence-corrected chi connectivity index (χ0v) is 10.4. The maximum atomic E-state index is 13.9. The molecule has 0 N–H and O–H groups in total. The minimum Gasteiger partial charge on any atom is -0.489 e. The lowest BCUT2D eigenvalue weighted by atomic mass is 10.1. The fourth-order valence-corrected chi connectivity index (χ4v) is 1.56. The monoisotopic (exact) mass is 283 g/mol. The number of alkyl halides is 3. The van der Waals surface area contributed by atoms with E-state index >= 15 is 0 Å². The third-order valence-electron chi connectivity index (χ3n) is 2.50. The highest BCUT2D eigenvalue weighted by Crippen LogP contribution is 2.22. The highest BCUT2D eigenvalue weighted by Gasteiger charge is 2.12. The van der Waals surface area contributed by atoms with Crippen molar-refractivity contribution in [2.75, 3.05) is 6.61 Å². The molecule has 0 aliphatic heterocycles. The number of nitrogens with zero attached hydrogens (tertiary/aromatic N) is 1. The zero-order valence-electron chi connectivity index (χ0n) is 10.4. The summed E-state index contributed by atoms with van der Waals surface area (Å²) in [6, 6.07) is 8.69. The SMILES string of the molecule is FC(F)Oc1ccc(C(F)COc2cccnc2)cc1. The van der Waals surface area contributed by atoms with E-state index in [1.54, 1.807) is 18.3 Å². The summed E-state index contributed by atoms with van der Waals surface area (Å²) in [7, 11) is 0. The van der Waals surface area contributed by atoms with E-state index in [2.05, 4.69) is 9.72 Å². The highest BCUT2D eigenvalue weighted by atomic mass is 19.3. The van der Waals surface area contributed by atoms with Gasteiger partial charge in [0.2, 0.25) is 0 Å². The summed E-state index contributed by atoms with van der Waals surface area (Å²) in [5, 5.41) is 0. The molecule has 0 radical (unpaired) electrons. The van der Waals surface area contributed by atoms with Crippen LogP contribution in [0.3, 0.4) is 0 Å². The van der Waals surface area contributed by atoms with Crippen LogP contribution in [-0.2, 0) is 0 Å². The molecule has 0 spiro atoms. The molecule has 1 heterocycles. The van der Waals surface area contributed by atoms with Gasteiger partial charge in [-0.3, -0.25) is 4.98 Å². The molecule has 1 unspecified atom stereocenters. The van der Waals surface area contributed by atoms with Crippen LogP contribution in [0.15, 0.2) is 48.8 Å². The number of ether oxygens (including phenoxy) is 2. The van der Waals surface area contributed by atoms with Crippen molar-refractivity contribution in [3.63, 3.8) is 0 Å². The number of rotatable bonds is 6. The summed E-state index contributed by atoms with van der Waals surface area (Å²) in [5.74, 6) is 0.455. The Morgan fingerprint density at radius 1 is 1.00 bits per heavy atom. The van der Waals surface area contributed by atoms with Gasteiger partial charge in [0.05, 0.1) is 6.20 Å². The topological polar surface area (TPSA) is 31.4 Å². The van der Waals surface area contributed by atoms with Gasteiger partial charge in [0, 0.05) is 6.20 Å². The fraction of sp³-hybridized carbons (Fsp3) is 0.214. The van der Waals surface area contributed by atoms with E-state index in [4.69, 9.17) is 4.74 Å². The summed E-state index contributed by atoms with van der Waals surface area (Å²) >= 11 is 0. The third kappa shape index (κ3) is 4.15. The lowest BCUT2D eigenvalue weighted by Crippen LogP contribution is -2.06. The van der Waals surface area contributed by atoms with Crippen molar-refractivity contribution in [2.45, 2.75) is 12.8 Å². The fourth-order valence-electron chi connectivity index (χ4n) is 1.56. The lowest BCUT2D eigenvalue weighted by molar-refractivity contribution is -0.0498. The van der Waals surface area contributed by atoms with Gasteiger partial charge in [-0.1, -0.05) is 12.1 Å². The van der Waals surface area contributed by atoms with Gasteiger partial charge in [-0.2, -0.15) is 8.78 Å². The normalized spacial score (nSPS) is 12.2. The van der Waals surface area contributed by atoms with Gasteiger partial charge < -0.3 is 9.47 Å². The predicted octanol–water partition coefficient (Wildman–Crippen LogP) is 3.77. The Hall–Kier alpha value is -2.24. The minimum absolute atomic E-state index is 0.0101. The van der Waals surface area contributed by atoms with Crippen molar-refractivity contribution in [1.29, 1.82) is 0 Å². The first kappa shape index (κ1) is 14.2. The first-order chi connectivity index (χ1) is 9.65. The van der Waals surface area contributed by atoms with Gasteiger partial charge in [0.25, 0.3) is 0 Å². The van der Waals surface area contributed by atoms with E-state index < -0.39 is 12.8 Å². The molecule has 0 fully saturated rings. The summed E-state index contributed by atoms with van der Waals surface area (Å²) in [5.41, 5.74) is 0.329. The zero-order chi connectivity index (χ0) is 14.4. The number of hydrogen-bond donors (Lipinski definition) is 0. The molecule has 1 aromatic carbocycles. The summed E-state index contributed by atoms with van der Waals surface area (Å²) in [6.07, 6.45) is 1.70. The van der Waals surface area contributed by atoms with E-state index in [1.165, 1.54) is 30.5 Å². The molecular weight excluding hydrogens is 271 g/mol. The van der Waals surface area contributed by atoms with Crippen molar-refractivity contribution in [1.82, 2.24) is 4.98 Å². The number of benzene rings is 1. The van der Waals surface area contributed by atoms with Crippen LogP contribution in [0.4, 0.5) is 13.2 Å². The number of hydrogen-bond acceptors (Lipinski definition) is 3. The molecule has 1 aromatic heterocycles. The molecule has 2 aromatic rings. The third-order valence-corrected chi connectivity index (χ3v) is 2.50. The highest BCUT2D eigenvalue weighted by molar-refractivity contribution is 5.28.